The van der Waals surface area contributed by atoms with Crippen molar-refractivity contribution in [1.82, 2.24) is 19.8 Å². The highest BCUT2D eigenvalue weighted by molar-refractivity contribution is 7.16. The number of nitrogens with zero attached hydrogens (tertiary/aromatic N) is 4. The van der Waals surface area contributed by atoms with Crippen molar-refractivity contribution in [3.8, 4) is 0 Å². The molecule has 96 valence electrons. The van der Waals surface area contributed by atoms with Gasteiger partial charge in [-0.15, -0.1) is 10.2 Å². The first kappa shape index (κ1) is 10.9. The lowest BCUT2D eigenvalue weighted by Gasteiger charge is -2.22. The summed E-state index contributed by atoms with van der Waals surface area (Å²) in [6, 6.07) is 0.357. The van der Waals surface area contributed by atoms with Gasteiger partial charge in [0.15, 0.2) is 5.82 Å². The number of fused-ring (bicyclic) bond motifs is 1. The third-order valence-corrected chi connectivity index (χ3v) is 5.38. The number of nitrogens with two attached hydrogens (primary N) is 1. The molecule has 2 fully saturated rings. The first-order valence-electron chi connectivity index (χ1n) is 6.79. The van der Waals surface area contributed by atoms with Gasteiger partial charge in [0.1, 0.15) is 5.01 Å². The largest absolute Gasteiger partial charge is 0.328 e. The van der Waals surface area contributed by atoms with Crippen molar-refractivity contribution in [2.75, 3.05) is 0 Å². The van der Waals surface area contributed by atoms with Crippen LogP contribution in [0.15, 0.2) is 0 Å². The van der Waals surface area contributed by atoms with E-state index in [0.717, 1.165) is 23.6 Å². The topological polar surface area (TPSA) is 69.1 Å². The zero-order chi connectivity index (χ0) is 12.1. The summed E-state index contributed by atoms with van der Waals surface area (Å²) in [6.07, 6.45) is 7.16. The Morgan fingerprint density at radius 3 is 2.67 bits per heavy atom. The van der Waals surface area contributed by atoms with Crippen molar-refractivity contribution in [1.29, 1.82) is 0 Å². The monoisotopic (exact) mass is 263 g/mol. The first-order valence-corrected chi connectivity index (χ1v) is 7.60. The fourth-order valence-electron chi connectivity index (χ4n) is 2.97. The van der Waals surface area contributed by atoms with Crippen LogP contribution >= 0.6 is 11.3 Å². The fraction of sp³-hybridized carbons (Fsp3) is 0.750. The summed E-state index contributed by atoms with van der Waals surface area (Å²) in [5.74, 6) is 2.20. The van der Waals surface area contributed by atoms with Gasteiger partial charge >= 0.3 is 0 Å². The normalized spacial score (nSPS) is 28.9. The second-order valence-electron chi connectivity index (χ2n) is 5.59. The summed E-state index contributed by atoms with van der Waals surface area (Å²) in [5.41, 5.74) is 5.98. The van der Waals surface area contributed by atoms with E-state index in [1.54, 1.807) is 11.3 Å². The van der Waals surface area contributed by atoms with Crippen LogP contribution in [0.3, 0.4) is 0 Å². The van der Waals surface area contributed by atoms with Gasteiger partial charge in [-0.05, 0) is 32.1 Å². The Morgan fingerprint density at radius 1 is 1.11 bits per heavy atom. The average molecular weight is 263 g/mol. The van der Waals surface area contributed by atoms with Crippen LogP contribution in [0.25, 0.3) is 4.96 Å². The van der Waals surface area contributed by atoms with Crippen molar-refractivity contribution in [3.63, 3.8) is 0 Å². The number of hydrogen-bond donors (Lipinski definition) is 1. The molecule has 0 spiro atoms. The van der Waals surface area contributed by atoms with Crippen LogP contribution in [0.5, 0.6) is 0 Å². The molecule has 0 aliphatic heterocycles. The van der Waals surface area contributed by atoms with E-state index in [1.807, 2.05) is 4.52 Å². The van der Waals surface area contributed by atoms with Gasteiger partial charge in [0.05, 0.1) is 0 Å². The summed E-state index contributed by atoms with van der Waals surface area (Å²) in [7, 11) is 0. The average Bonchev–Trinajstić information content (AvgIpc) is 2.92. The van der Waals surface area contributed by atoms with Crippen molar-refractivity contribution in [2.24, 2.45) is 5.73 Å². The predicted octanol–water partition coefficient (Wildman–Crippen LogP) is 2.05. The Morgan fingerprint density at radius 2 is 2.00 bits per heavy atom. The van der Waals surface area contributed by atoms with Gasteiger partial charge in [-0.2, -0.15) is 9.61 Å². The van der Waals surface area contributed by atoms with Crippen LogP contribution < -0.4 is 5.73 Å². The molecule has 6 heteroatoms. The molecule has 2 unspecified atom stereocenters. The third-order valence-electron chi connectivity index (χ3n) is 4.32. The van der Waals surface area contributed by atoms with E-state index in [0.29, 0.717) is 17.9 Å². The fourth-order valence-corrected chi connectivity index (χ4v) is 3.97. The molecule has 2 heterocycles. The minimum atomic E-state index is 0.357. The zero-order valence-electron chi connectivity index (χ0n) is 10.2. The van der Waals surface area contributed by atoms with Crippen LogP contribution in [-0.4, -0.2) is 25.9 Å². The summed E-state index contributed by atoms with van der Waals surface area (Å²) in [6.45, 7) is 0. The van der Waals surface area contributed by atoms with E-state index in [9.17, 15) is 0 Å². The smallest absolute Gasteiger partial charge is 0.234 e. The maximum absolute atomic E-state index is 5.98. The molecule has 4 rings (SSSR count). The molecule has 2 N–H and O–H groups in total. The number of hydrogen-bond acceptors (Lipinski definition) is 5. The van der Waals surface area contributed by atoms with Crippen molar-refractivity contribution in [3.05, 3.63) is 10.8 Å². The van der Waals surface area contributed by atoms with E-state index in [2.05, 4.69) is 10.2 Å². The highest BCUT2D eigenvalue weighted by Gasteiger charge is 2.29. The molecule has 2 aromatic heterocycles. The molecule has 5 nitrogen and oxygen atoms in total. The lowest BCUT2D eigenvalue weighted by atomic mass is 9.85. The van der Waals surface area contributed by atoms with Gasteiger partial charge in [0, 0.05) is 17.9 Å². The van der Waals surface area contributed by atoms with Gasteiger partial charge in [0.2, 0.25) is 4.96 Å². The first-order chi connectivity index (χ1) is 8.81. The second kappa shape index (κ2) is 3.99. The quantitative estimate of drug-likeness (QED) is 0.900. The zero-order valence-corrected chi connectivity index (χ0v) is 11.1. The van der Waals surface area contributed by atoms with E-state index in [-0.39, 0.29) is 0 Å². The molecular weight excluding hydrogens is 246 g/mol. The Hall–Kier alpha value is -1.01. The molecule has 0 amide bonds. The Labute approximate surface area is 109 Å². The maximum atomic E-state index is 5.98. The molecule has 2 saturated carbocycles. The van der Waals surface area contributed by atoms with Crippen LogP contribution in [0.1, 0.15) is 61.2 Å². The van der Waals surface area contributed by atoms with E-state index >= 15 is 0 Å². The van der Waals surface area contributed by atoms with E-state index < -0.39 is 0 Å². The van der Waals surface area contributed by atoms with Crippen molar-refractivity contribution < 1.29 is 0 Å². The molecule has 0 saturated heterocycles. The van der Waals surface area contributed by atoms with Crippen molar-refractivity contribution in [2.45, 2.75) is 56.4 Å². The van der Waals surface area contributed by atoms with Gasteiger partial charge in [-0.25, -0.2) is 0 Å². The minimum absolute atomic E-state index is 0.357. The van der Waals surface area contributed by atoms with Crippen LogP contribution in [0.4, 0.5) is 0 Å². The summed E-state index contributed by atoms with van der Waals surface area (Å²) >= 11 is 1.69. The minimum Gasteiger partial charge on any atom is -0.328 e. The number of aromatic nitrogens is 4. The maximum Gasteiger partial charge on any atom is 0.234 e. The highest BCUT2D eigenvalue weighted by atomic mass is 32.1. The summed E-state index contributed by atoms with van der Waals surface area (Å²) in [4.78, 5) is 0.951. The lowest BCUT2D eigenvalue weighted by Crippen LogP contribution is -2.14. The van der Waals surface area contributed by atoms with E-state index in [1.165, 1.54) is 30.7 Å². The summed E-state index contributed by atoms with van der Waals surface area (Å²) in [5, 5.41) is 14.5. The standard InChI is InChI=1S/C12H17N5S/c13-9-5-4-8(6-9)11-16-17-10(7-2-1-3-7)14-15-12(17)18-11/h7-9H,1-6,13H2. The lowest BCUT2D eigenvalue weighted by molar-refractivity contribution is 0.394. The molecule has 18 heavy (non-hydrogen) atoms. The number of rotatable bonds is 2. The van der Waals surface area contributed by atoms with Gasteiger partial charge < -0.3 is 5.73 Å². The van der Waals surface area contributed by atoms with Gasteiger partial charge in [0.25, 0.3) is 0 Å². The molecule has 2 atom stereocenters. The van der Waals surface area contributed by atoms with E-state index in [4.69, 9.17) is 10.8 Å². The predicted molar refractivity (Wildman–Crippen MR) is 69.8 cm³/mol. The Balaban J connectivity index is 1.69. The molecular formula is C12H17N5S. The van der Waals surface area contributed by atoms with Crippen LogP contribution in [0, 0.1) is 0 Å². The Bertz CT molecular complexity index is 570. The van der Waals surface area contributed by atoms with Gasteiger partial charge in [-0.1, -0.05) is 17.8 Å². The molecule has 0 aromatic carbocycles. The molecule has 2 aliphatic carbocycles. The SMILES string of the molecule is NC1CCC(c2nn3c(C4CCC4)nnc3s2)C1. The van der Waals surface area contributed by atoms with Crippen molar-refractivity contribution >= 4 is 16.3 Å². The third kappa shape index (κ3) is 1.59. The molecule has 2 aliphatic rings. The van der Waals surface area contributed by atoms with Crippen LogP contribution in [-0.2, 0) is 0 Å². The molecule has 2 aromatic rings. The van der Waals surface area contributed by atoms with Crippen LogP contribution in [0.2, 0.25) is 0 Å². The van der Waals surface area contributed by atoms with Gasteiger partial charge in [-0.3, -0.25) is 0 Å². The second-order valence-corrected chi connectivity index (χ2v) is 6.58. The summed E-state index contributed by atoms with van der Waals surface area (Å²) < 4.78 is 1.98. The highest BCUT2D eigenvalue weighted by Crippen LogP contribution is 2.38. The Kier molecular flexibility index (Phi) is 2.41. The molecule has 0 radical (unpaired) electrons. The molecule has 0 bridgehead atoms.